The van der Waals surface area contributed by atoms with E-state index < -0.39 is 23.6 Å². The number of aromatic nitrogens is 1. The summed E-state index contributed by atoms with van der Waals surface area (Å²) in [7, 11) is 1.25. The Hall–Kier alpha value is -2.15. The van der Waals surface area contributed by atoms with Crippen molar-refractivity contribution in [1.29, 1.82) is 0 Å². The molecule has 0 aliphatic carbocycles. The van der Waals surface area contributed by atoms with E-state index in [-0.39, 0.29) is 28.6 Å². The van der Waals surface area contributed by atoms with Crippen molar-refractivity contribution in [2.75, 3.05) is 7.11 Å². The van der Waals surface area contributed by atoms with Gasteiger partial charge in [-0.15, -0.1) is 0 Å². The van der Waals surface area contributed by atoms with Crippen molar-refractivity contribution in [2.24, 2.45) is 5.73 Å². The van der Waals surface area contributed by atoms with Crippen LogP contribution < -0.4 is 10.5 Å². The smallest absolute Gasteiger partial charge is 0.320 e. The molecule has 2 aromatic rings. The summed E-state index contributed by atoms with van der Waals surface area (Å²) in [4.78, 5) is 13.4. The van der Waals surface area contributed by atoms with Gasteiger partial charge in [-0.3, -0.25) is 4.79 Å². The molecule has 1 atom stereocenters. The Morgan fingerprint density at radius 3 is 2.70 bits per heavy atom. The molecule has 1 aromatic heterocycles. The summed E-state index contributed by atoms with van der Waals surface area (Å²) >= 11 is 0. The molecule has 0 aliphatic heterocycles. The van der Waals surface area contributed by atoms with E-state index in [1.165, 1.54) is 20.2 Å². The van der Waals surface area contributed by atoms with E-state index in [9.17, 15) is 13.6 Å². The summed E-state index contributed by atoms with van der Waals surface area (Å²) in [5.41, 5.74) is 5.72. The van der Waals surface area contributed by atoms with Crippen molar-refractivity contribution in [1.82, 2.24) is 4.98 Å². The van der Waals surface area contributed by atoms with Crippen LogP contribution in [0, 0.1) is 18.6 Å². The molecule has 1 heterocycles. The lowest BCUT2D eigenvalue weighted by atomic mass is 10.0. The number of benzene rings is 1. The minimum atomic E-state index is -1.20. The monoisotopic (exact) mass is 284 g/mol. The number of hydrogen-bond acceptors (Lipinski definition) is 3. The van der Waals surface area contributed by atoms with Crippen LogP contribution in [0.2, 0.25) is 0 Å². The fourth-order valence-corrected chi connectivity index (χ4v) is 2.18. The lowest BCUT2D eigenvalue weighted by Gasteiger charge is -2.10. The molecule has 0 saturated carbocycles. The molecule has 1 unspecified atom stereocenters. The zero-order valence-electron chi connectivity index (χ0n) is 11.0. The molecule has 4 N–H and O–H groups in total. The fourth-order valence-electron chi connectivity index (χ4n) is 2.18. The fraction of sp³-hybridized carbons (Fsp3) is 0.308. The van der Waals surface area contributed by atoms with Gasteiger partial charge in [-0.05, 0) is 12.5 Å². The minimum absolute atomic E-state index is 0.0116. The third kappa shape index (κ3) is 2.09. The first kappa shape index (κ1) is 14.3. The Labute approximate surface area is 113 Å². The first-order chi connectivity index (χ1) is 9.38. The third-order valence-electron chi connectivity index (χ3n) is 3.23. The molecular weight excluding hydrogens is 270 g/mol. The van der Waals surface area contributed by atoms with Gasteiger partial charge in [0.25, 0.3) is 0 Å². The first-order valence-electron chi connectivity index (χ1n) is 5.88. The largest absolute Gasteiger partial charge is 0.493 e. The highest BCUT2D eigenvalue weighted by atomic mass is 19.1. The second-order valence-electron chi connectivity index (χ2n) is 4.50. The van der Waals surface area contributed by atoms with Gasteiger partial charge in [0.2, 0.25) is 0 Å². The van der Waals surface area contributed by atoms with E-state index >= 15 is 0 Å². The third-order valence-corrected chi connectivity index (χ3v) is 3.23. The van der Waals surface area contributed by atoms with E-state index in [1.54, 1.807) is 0 Å². The Morgan fingerprint density at radius 1 is 1.50 bits per heavy atom. The van der Waals surface area contributed by atoms with Gasteiger partial charge < -0.3 is 20.6 Å². The van der Waals surface area contributed by atoms with Crippen LogP contribution in [0.1, 0.15) is 11.1 Å². The summed E-state index contributed by atoms with van der Waals surface area (Å²) in [6, 6.07) is -1.18. The van der Waals surface area contributed by atoms with Crippen molar-refractivity contribution in [3.8, 4) is 5.75 Å². The van der Waals surface area contributed by atoms with Crippen molar-refractivity contribution < 1.29 is 23.4 Å². The SMILES string of the molecule is COc1c(C)c(F)c2c(CC(N)C(=O)O)c[nH]c2c1F. The van der Waals surface area contributed by atoms with Gasteiger partial charge in [-0.2, -0.15) is 0 Å². The Balaban J connectivity index is 2.64. The van der Waals surface area contributed by atoms with Gasteiger partial charge in [0.15, 0.2) is 11.6 Å². The predicted molar refractivity (Wildman–Crippen MR) is 68.8 cm³/mol. The maximum atomic E-state index is 14.3. The highest BCUT2D eigenvalue weighted by molar-refractivity contribution is 5.88. The maximum absolute atomic E-state index is 14.3. The van der Waals surface area contributed by atoms with Gasteiger partial charge in [0.05, 0.1) is 12.6 Å². The molecular formula is C13H14F2N2O3. The molecule has 5 nitrogen and oxygen atoms in total. The van der Waals surface area contributed by atoms with Crippen LogP contribution in [0.5, 0.6) is 5.75 Å². The topological polar surface area (TPSA) is 88.3 Å². The summed E-state index contributed by atoms with van der Waals surface area (Å²) in [6.07, 6.45) is 1.26. The highest BCUT2D eigenvalue weighted by Crippen LogP contribution is 2.34. The molecule has 20 heavy (non-hydrogen) atoms. The molecule has 108 valence electrons. The number of H-pyrrole nitrogens is 1. The Kier molecular flexibility index (Phi) is 3.63. The standard InChI is InChI=1S/C13H14F2N2O3/c1-5-9(14)8-6(3-7(16)13(18)19)4-17-11(8)10(15)12(5)20-2/h4,7,17H,3,16H2,1-2H3,(H,18,19). The molecule has 0 radical (unpaired) electrons. The van der Waals surface area contributed by atoms with Crippen molar-refractivity contribution in [2.45, 2.75) is 19.4 Å². The molecule has 0 amide bonds. The number of aromatic amines is 1. The van der Waals surface area contributed by atoms with Crippen molar-refractivity contribution >= 4 is 16.9 Å². The number of fused-ring (bicyclic) bond motifs is 1. The molecule has 0 bridgehead atoms. The van der Waals surface area contributed by atoms with E-state index in [0.717, 1.165) is 0 Å². The number of carbonyl (C=O) groups is 1. The molecule has 0 aliphatic rings. The van der Waals surface area contributed by atoms with Gasteiger partial charge in [0.1, 0.15) is 11.9 Å². The summed E-state index contributed by atoms with van der Waals surface area (Å²) < 4.78 is 33.3. The lowest BCUT2D eigenvalue weighted by molar-refractivity contribution is -0.138. The van der Waals surface area contributed by atoms with Crippen LogP contribution >= 0.6 is 0 Å². The van der Waals surface area contributed by atoms with Crippen LogP contribution in [0.25, 0.3) is 10.9 Å². The highest BCUT2D eigenvalue weighted by Gasteiger charge is 2.23. The average molecular weight is 284 g/mol. The van der Waals surface area contributed by atoms with E-state index in [1.807, 2.05) is 0 Å². The van der Waals surface area contributed by atoms with Gasteiger partial charge >= 0.3 is 5.97 Å². The Morgan fingerprint density at radius 2 is 2.15 bits per heavy atom. The molecule has 7 heteroatoms. The van der Waals surface area contributed by atoms with Crippen LogP contribution in [0.3, 0.4) is 0 Å². The van der Waals surface area contributed by atoms with E-state index in [0.29, 0.717) is 5.56 Å². The minimum Gasteiger partial charge on any atom is -0.493 e. The van der Waals surface area contributed by atoms with Gasteiger partial charge in [-0.25, -0.2) is 8.78 Å². The summed E-state index contributed by atoms with van der Waals surface area (Å²) in [5.74, 6) is -2.74. The molecule has 1 aromatic carbocycles. The van der Waals surface area contributed by atoms with Crippen molar-refractivity contribution in [3.05, 3.63) is 29.0 Å². The van der Waals surface area contributed by atoms with Crippen LogP contribution in [0.15, 0.2) is 6.20 Å². The number of rotatable bonds is 4. The second-order valence-corrected chi connectivity index (χ2v) is 4.50. The van der Waals surface area contributed by atoms with E-state index in [4.69, 9.17) is 15.6 Å². The number of nitrogens with two attached hydrogens (primary N) is 1. The maximum Gasteiger partial charge on any atom is 0.320 e. The summed E-state index contributed by atoms with van der Waals surface area (Å²) in [6.45, 7) is 1.39. The second kappa shape index (κ2) is 5.09. The number of carboxylic acids is 1. The first-order valence-corrected chi connectivity index (χ1v) is 5.88. The molecule has 2 rings (SSSR count). The predicted octanol–water partition coefficient (Wildman–Crippen LogP) is 1.72. The number of halogens is 2. The Bertz CT molecular complexity index is 682. The number of ether oxygens (including phenoxy) is 1. The molecule has 0 spiro atoms. The van der Waals surface area contributed by atoms with Crippen LogP contribution in [-0.2, 0) is 11.2 Å². The van der Waals surface area contributed by atoms with Crippen LogP contribution in [-0.4, -0.2) is 29.2 Å². The van der Waals surface area contributed by atoms with Gasteiger partial charge in [0, 0.05) is 23.6 Å². The average Bonchev–Trinajstić information content (AvgIpc) is 2.81. The van der Waals surface area contributed by atoms with Crippen LogP contribution in [0.4, 0.5) is 8.78 Å². The zero-order chi connectivity index (χ0) is 15.0. The molecule has 0 saturated heterocycles. The number of carboxylic acid groups (broad SMARTS) is 1. The number of aliphatic carboxylic acids is 1. The summed E-state index contributed by atoms with van der Waals surface area (Å²) in [5, 5.41) is 8.80. The van der Waals surface area contributed by atoms with Crippen molar-refractivity contribution in [3.63, 3.8) is 0 Å². The molecule has 0 fully saturated rings. The van der Waals surface area contributed by atoms with Gasteiger partial charge in [-0.1, -0.05) is 0 Å². The number of nitrogens with one attached hydrogen (secondary N) is 1. The number of methoxy groups -OCH3 is 1. The number of hydrogen-bond donors (Lipinski definition) is 3. The zero-order valence-corrected chi connectivity index (χ0v) is 11.0. The quantitative estimate of drug-likeness (QED) is 0.797. The normalized spacial score (nSPS) is 12.7. The lowest BCUT2D eigenvalue weighted by Crippen LogP contribution is -2.32. The van der Waals surface area contributed by atoms with E-state index in [2.05, 4.69) is 4.98 Å².